The molecule has 0 unspecified atom stereocenters. The average molecular weight is 662 g/mol. The van der Waals surface area contributed by atoms with Crippen molar-refractivity contribution in [2.45, 2.75) is 50.2 Å². The number of carbonyl (C=O) groups excluding carboxylic acids is 2. The van der Waals surface area contributed by atoms with Crippen molar-refractivity contribution in [3.63, 3.8) is 0 Å². The molecule has 4 rings (SSSR count). The Morgan fingerprint density at radius 2 is 1.47 bits per heavy atom. The highest BCUT2D eigenvalue weighted by atomic mass is 32.2. The van der Waals surface area contributed by atoms with Gasteiger partial charge in [0.05, 0.1) is 24.8 Å². The van der Waals surface area contributed by atoms with E-state index in [2.05, 4.69) is 5.32 Å². The summed E-state index contributed by atoms with van der Waals surface area (Å²) < 4.78 is 55.5. The number of methoxy groups -OCH3 is 2. The largest absolute Gasteiger partial charge is 0.497 e. The van der Waals surface area contributed by atoms with Crippen LogP contribution in [0.15, 0.2) is 108 Å². The second-order valence-electron chi connectivity index (χ2n) is 11.9. The number of anilines is 1. The van der Waals surface area contributed by atoms with Crippen LogP contribution in [0.3, 0.4) is 0 Å². The summed E-state index contributed by atoms with van der Waals surface area (Å²) in [6, 6.07) is 26.3. The molecule has 1 atom stereocenters. The highest BCUT2D eigenvalue weighted by Gasteiger charge is 2.36. The molecule has 11 heteroatoms. The van der Waals surface area contributed by atoms with Gasteiger partial charge in [0.15, 0.2) is 0 Å². The van der Waals surface area contributed by atoms with E-state index in [0.29, 0.717) is 5.75 Å². The number of ether oxygens (including phenoxy) is 2. The van der Waals surface area contributed by atoms with Crippen LogP contribution in [0.1, 0.15) is 31.9 Å². The Balaban J connectivity index is 1.88. The Bertz CT molecular complexity index is 1780. The van der Waals surface area contributed by atoms with Crippen LogP contribution in [-0.2, 0) is 32.6 Å². The van der Waals surface area contributed by atoms with Crippen LogP contribution >= 0.6 is 0 Å². The lowest BCUT2D eigenvalue weighted by molar-refractivity contribution is -0.140. The van der Waals surface area contributed by atoms with Crippen molar-refractivity contribution in [3.05, 3.63) is 120 Å². The quantitative estimate of drug-likeness (QED) is 0.200. The number of benzene rings is 4. The van der Waals surface area contributed by atoms with Gasteiger partial charge in [-0.15, -0.1) is 0 Å². The van der Waals surface area contributed by atoms with Crippen molar-refractivity contribution >= 4 is 27.5 Å². The molecule has 0 aliphatic rings. The first kappa shape index (κ1) is 35.0. The highest BCUT2D eigenvalue weighted by molar-refractivity contribution is 7.92. The van der Waals surface area contributed by atoms with E-state index in [9.17, 15) is 18.0 Å². The van der Waals surface area contributed by atoms with Gasteiger partial charge in [0, 0.05) is 30.1 Å². The van der Waals surface area contributed by atoms with Crippen molar-refractivity contribution in [1.82, 2.24) is 10.2 Å². The van der Waals surface area contributed by atoms with Crippen LogP contribution in [-0.4, -0.2) is 57.5 Å². The van der Waals surface area contributed by atoms with Gasteiger partial charge in [0.1, 0.15) is 29.9 Å². The standard InChI is InChI=1S/C36H40FN3O6S/c1-36(2,3)38-35(42)32(22-26-14-8-6-9-15-26)39(24-27-16-12-13-19-30(27)37)34(41)25-40(47(43,44)29-17-10-7-11-18-29)31-23-28(45-4)20-21-33(31)46-5/h6-21,23,32H,22,24-25H2,1-5H3,(H,38,42)/t32-/m0/s1. The zero-order valence-corrected chi connectivity index (χ0v) is 28.0. The Hall–Kier alpha value is -4.90. The van der Waals surface area contributed by atoms with E-state index < -0.39 is 45.8 Å². The fourth-order valence-corrected chi connectivity index (χ4v) is 6.48. The number of amides is 2. The van der Waals surface area contributed by atoms with Crippen molar-refractivity contribution in [1.29, 1.82) is 0 Å². The van der Waals surface area contributed by atoms with Gasteiger partial charge in [-0.2, -0.15) is 0 Å². The van der Waals surface area contributed by atoms with E-state index in [1.165, 1.54) is 61.6 Å². The monoisotopic (exact) mass is 661 g/mol. The SMILES string of the molecule is COc1ccc(OC)c(N(CC(=O)N(Cc2ccccc2F)[C@@H](Cc2ccccc2)C(=O)NC(C)(C)C)S(=O)(=O)c2ccccc2)c1. The fraction of sp³-hybridized carbons (Fsp3) is 0.278. The Morgan fingerprint density at radius 1 is 0.851 bits per heavy atom. The maximum absolute atomic E-state index is 15.1. The predicted molar refractivity (Wildman–Crippen MR) is 179 cm³/mol. The van der Waals surface area contributed by atoms with Crippen LogP contribution < -0.4 is 19.1 Å². The van der Waals surface area contributed by atoms with Crippen molar-refractivity contribution in [2.24, 2.45) is 0 Å². The van der Waals surface area contributed by atoms with E-state index in [1.807, 2.05) is 51.1 Å². The van der Waals surface area contributed by atoms with Gasteiger partial charge in [-0.3, -0.25) is 13.9 Å². The molecule has 0 aliphatic carbocycles. The second kappa shape index (κ2) is 15.1. The smallest absolute Gasteiger partial charge is 0.264 e. The minimum atomic E-state index is -4.38. The first-order chi connectivity index (χ1) is 22.3. The Morgan fingerprint density at radius 3 is 2.06 bits per heavy atom. The molecular weight excluding hydrogens is 621 g/mol. The molecule has 0 saturated carbocycles. The van der Waals surface area contributed by atoms with Gasteiger partial charge >= 0.3 is 0 Å². The molecule has 47 heavy (non-hydrogen) atoms. The molecule has 0 aromatic heterocycles. The molecule has 0 spiro atoms. The molecule has 4 aromatic carbocycles. The molecule has 2 amide bonds. The summed E-state index contributed by atoms with van der Waals surface area (Å²) in [6.45, 7) is 4.42. The van der Waals surface area contributed by atoms with Crippen molar-refractivity contribution < 1.29 is 31.9 Å². The van der Waals surface area contributed by atoms with E-state index in [-0.39, 0.29) is 34.9 Å². The predicted octanol–water partition coefficient (Wildman–Crippen LogP) is 5.59. The molecule has 0 heterocycles. The molecule has 1 N–H and O–H groups in total. The molecule has 0 saturated heterocycles. The third kappa shape index (κ3) is 8.88. The van der Waals surface area contributed by atoms with Gasteiger partial charge in [0.25, 0.3) is 10.0 Å². The first-order valence-corrected chi connectivity index (χ1v) is 16.5. The molecule has 0 bridgehead atoms. The number of carbonyl (C=O) groups is 2. The van der Waals surface area contributed by atoms with Gasteiger partial charge in [0.2, 0.25) is 11.8 Å². The van der Waals surface area contributed by atoms with Gasteiger partial charge < -0.3 is 19.7 Å². The number of sulfonamides is 1. The lowest BCUT2D eigenvalue weighted by Gasteiger charge is -2.35. The third-order valence-electron chi connectivity index (χ3n) is 7.33. The molecule has 4 aromatic rings. The normalized spacial score (nSPS) is 12.1. The molecular formula is C36H40FN3O6S. The zero-order chi connectivity index (χ0) is 34.2. The van der Waals surface area contributed by atoms with Gasteiger partial charge in [-0.1, -0.05) is 66.7 Å². The fourth-order valence-electron chi connectivity index (χ4n) is 5.04. The van der Waals surface area contributed by atoms with E-state index >= 15 is 4.39 Å². The van der Waals surface area contributed by atoms with Crippen LogP contribution in [0.2, 0.25) is 0 Å². The lowest BCUT2D eigenvalue weighted by Crippen LogP contribution is -2.56. The summed E-state index contributed by atoms with van der Waals surface area (Å²) >= 11 is 0. The van der Waals surface area contributed by atoms with Crippen LogP contribution in [0.25, 0.3) is 0 Å². The average Bonchev–Trinajstić information content (AvgIpc) is 3.05. The highest BCUT2D eigenvalue weighted by Crippen LogP contribution is 2.36. The van der Waals surface area contributed by atoms with Crippen LogP contribution in [0.5, 0.6) is 11.5 Å². The lowest BCUT2D eigenvalue weighted by atomic mass is 10.0. The maximum Gasteiger partial charge on any atom is 0.264 e. The van der Waals surface area contributed by atoms with E-state index in [1.54, 1.807) is 30.3 Å². The van der Waals surface area contributed by atoms with Gasteiger partial charge in [-0.05, 0) is 56.7 Å². The minimum absolute atomic E-state index is 0.0497. The topological polar surface area (TPSA) is 105 Å². The van der Waals surface area contributed by atoms with Crippen molar-refractivity contribution in [2.75, 3.05) is 25.1 Å². The first-order valence-electron chi connectivity index (χ1n) is 15.0. The number of hydrogen-bond donors (Lipinski definition) is 1. The van der Waals surface area contributed by atoms with E-state index in [4.69, 9.17) is 9.47 Å². The molecule has 0 radical (unpaired) electrons. The minimum Gasteiger partial charge on any atom is -0.497 e. The van der Waals surface area contributed by atoms with Crippen molar-refractivity contribution in [3.8, 4) is 11.5 Å². The molecule has 0 aliphatic heterocycles. The Kier molecular flexibility index (Phi) is 11.3. The Labute approximate surface area is 276 Å². The number of halogens is 1. The number of hydrogen-bond acceptors (Lipinski definition) is 6. The van der Waals surface area contributed by atoms with E-state index in [0.717, 1.165) is 9.87 Å². The second-order valence-corrected chi connectivity index (χ2v) is 13.8. The summed E-state index contributed by atoms with van der Waals surface area (Å²) in [7, 11) is -1.56. The summed E-state index contributed by atoms with van der Waals surface area (Å²) in [5.74, 6) is -1.27. The summed E-state index contributed by atoms with van der Waals surface area (Å²) in [5.41, 5.74) is 0.318. The zero-order valence-electron chi connectivity index (χ0n) is 27.1. The van der Waals surface area contributed by atoms with Crippen LogP contribution in [0.4, 0.5) is 10.1 Å². The van der Waals surface area contributed by atoms with Crippen LogP contribution in [0, 0.1) is 5.82 Å². The molecule has 248 valence electrons. The maximum atomic E-state index is 15.1. The third-order valence-corrected chi connectivity index (χ3v) is 9.11. The molecule has 9 nitrogen and oxygen atoms in total. The number of rotatable bonds is 13. The van der Waals surface area contributed by atoms with Gasteiger partial charge in [-0.25, -0.2) is 12.8 Å². The summed E-state index contributed by atoms with van der Waals surface area (Å²) in [5, 5.41) is 2.95. The summed E-state index contributed by atoms with van der Waals surface area (Å²) in [4.78, 5) is 29.8. The number of nitrogens with one attached hydrogen (secondary N) is 1. The molecule has 0 fully saturated rings. The summed E-state index contributed by atoms with van der Waals surface area (Å²) in [6.07, 6.45) is 0.0941. The number of nitrogens with zero attached hydrogens (tertiary/aromatic N) is 2.